The Morgan fingerprint density at radius 1 is 0.412 bits per heavy atom. The van der Waals surface area contributed by atoms with Gasteiger partial charge < -0.3 is 0 Å². The van der Waals surface area contributed by atoms with Crippen LogP contribution in [0.4, 0.5) is 0 Å². The van der Waals surface area contributed by atoms with E-state index in [4.69, 9.17) is 48.1 Å². The molecule has 0 aliphatic heterocycles. The van der Waals surface area contributed by atoms with Gasteiger partial charge in [-0.05, 0) is 0 Å². The Bertz CT molecular complexity index is 341. The van der Waals surface area contributed by atoms with Crippen LogP contribution in [0.3, 0.4) is 0 Å². The van der Waals surface area contributed by atoms with Crippen LogP contribution < -0.4 is 25.1 Å². The number of rotatable bonds is 0. The Balaban J connectivity index is -0.0000000400. The summed E-state index contributed by atoms with van der Waals surface area (Å²) in [7, 11) is 0. The van der Waals surface area contributed by atoms with Crippen LogP contribution in [0.15, 0.2) is 0 Å². The summed E-state index contributed by atoms with van der Waals surface area (Å²) >= 11 is -16.9. The van der Waals surface area contributed by atoms with Gasteiger partial charge in [-0.15, -0.1) is 0 Å². The van der Waals surface area contributed by atoms with E-state index in [9.17, 15) is 0 Å². The van der Waals surface area contributed by atoms with Crippen LogP contribution >= 0.6 is 0 Å². The molecule has 0 fully saturated rings. The van der Waals surface area contributed by atoms with Gasteiger partial charge in [0.15, 0.2) is 0 Å². The second kappa shape index (κ2) is 13.6. The summed E-state index contributed by atoms with van der Waals surface area (Å²) in [5.41, 5.74) is 0. The van der Waals surface area contributed by atoms with E-state index in [0.29, 0.717) is 0 Å². The maximum absolute atomic E-state index is 8.58. The van der Waals surface area contributed by atoms with Gasteiger partial charge in [-0.3, -0.25) is 0 Å². The normalized spacial score (nSPS) is 10.2. The summed E-state index contributed by atoms with van der Waals surface area (Å²) in [4.78, 5) is 0. The van der Waals surface area contributed by atoms with Crippen molar-refractivity contribution in [3.05, 3.63) is 0 Å². The summed E-state index contributed by atoms with van der Waals surface area (Å²) in [5.74, 6) is 0. The zero-order chi connectivity index (χ0) is 13.5. The van der Waals surface area contributed by atoms with Crippen LogP contribution in [0.25, 0.3) is 0 Å². The van der Waals surface area contributed by atoms with Gasteiger partial charge in [0.2, 0.25) is 0 Å². The summed E-state index contributed by atoms with van der Waals surface area (Å²) < 4.78 is 103. The SMILES string of the molecule is [Ho+3].[Ho+3].[O]=[Mn](=[O])([O-])[O-].[O]=[Mn](=[O])([O-])[O-].[O]=[Mn](=[O])([O-])[O-]. The van der Waals surface area contributed by atoms with Crippen molar-refractivity contribution in [1.29, 1.82) is 0 Å². The third-order valence-electron chi connectivity index (χ3n) is 0. The average molecular weight is 687 g/mol. The van der Waals surface area contributed by atoms with E-state index in [1.54, 1.807) is 0 Å². The minimum atomic E-state index is -5.62. The van der Waals surface area contributed by atoms with Crippen molar-refractivity contribution in [3.63, 3.8) is 0 Å². The topological polar surface area (TPSA) is 241 Å². The first-order chi connectivity index (χ1) is 6.00. The first-order valence-electron chi connectivity index (χ1n) is 1.85. The average Bonchev–Trinajstić information content (AvgIpc) is 1.41. The molecule has 0 aliphatic rings. The summed E-state index contributed by atoms with van der Waals surface area (Å²) in [6.07, 6.45) is 0. The fourth-order valence-corrected chi connectivity index (χ4v) is 0. The molecule has 12 nitrogen and oxygen atoms in total. The second-order valence-corrected chi connectivity index (χ2v) is 4.68. The number of hydrogen-bond acceptors (Lipinski definition) is 12. The Morgan fingerprint density at radius 3 is 0.412 bits per heavy atom. The van der Waals surface area contributed by atoms with E-state index in [0.717, 1.165) is 0 Å². The molecule has 0 aromatic carbocycles. The Hall–Kier alpha value is 2.64. The van der Waals surface area contributed by atoms with Gasteiger partial charge in [-0.1, -0.05) is 0 Å². The Morgan fingerprint density at radius 2 is 0.412 bits per heavy atom. The zero-order valence-corrected chi connectivity index (χ0v) is 14.0. The molecule has 17 heteroatoms. The van der Waals surface area contributed by atoms with Crippen molar-refractivity contribution in [2.24, 2.45) is 0 Å². The molecule has 0 spiro atoms. The van der Waals surface area contributed by atoms with Gasteiger partial charge in [0, 0.05) is 0 Å². The molecule has 0 bridgehead atoms. The van der Waals surface area contributed by atoms with Crippen molar-refractivity contribution >= 4 is 0 Å². The zero-order valence-electron chi connectivity index (χ0n) is 6.64. The van der Waals surface area contributed by atoms with Crippen LogP contribution in [0.2, 0.25) is 0 Å². The van der Waals surface area contributed by atoms with Crippen LogP contribution in [0.5, 0.6) is 0 Å². The van der Waals surface area contributed by atoms with Crippen molar-refractivity contribution in [1.82, 2.24) is 0 Å². The molecule has 0 aliphatic carbocycles. The first-order valence-corrected chi connectivity index (χ1v) is 7.63. The van der Waals surface area contributed by atoms with Gasteiger partial charge in [-0.2, -0.15) is 0 Å². The van der Waals surface area contributed by atoms with E-state index in [2.05, 4.69) is 0 Å². The van der Waals surface area contributed by atoms with Crippen LogP contribution in [0.1, 0.15) is 0 Å². The van der Waals surface area contributed by atoms with E-state index in [-0.39, 0.29) is 75.5 Å². The molecule has 0 radical (unpaired) electrons. The molecule has 0 saturated carbocycles. The van der Waals surface area contributed by atoms with Crippen LogP contribution in [0, 0.1) is 75.5 Å². The van der Waals surface area contributed by atoms with Crippen molar-refractivity contribution in [2.45, 2.75) is 0 Å². The van der Waals surface area contributed by atoms with E-state index in [1.165, 1.54) is 0 Å². The minimum absolute atomic E-state index is 0. The molecular weight excluding hydrogens is 687 g/mol. The van der Waals surface area contributed by atoms with Crippen LogP contribution in [-0.4, -0.2) is 0 Å². The van der Waals surface area contributed by atoms with Gasteiger partial charge in [0.1, 0.15) is 0 Å². The molecule has 0 saturated heterocycles. The fraction of sp³-hybridized carbons (Fsp3) is 0. The van der Waals surface area contributed by atoms with Crippen molar-refractivity contribution in [3.8, 4) is 0 Å². The first kappa shape index (κ1) is 31.8. The second-order valence-electron chi connectivity index (χ2n) is 1.13. The standard InChI is InChI=1S/2Ho.3Mn.12O/q2*+3;;;;;;;;;;6*-1. The predicted molar refractivity (Wildman–Crippen MR) is 4.12 cm³/mol. The van der Waals surface area contributed by atoms with Crippen molar-refractivity contribution < 1.29 is 164 Å². The van der Waals surface area contributed by atoms with Crippen LogP contribution in [-0.2, 0) is 63.1 Å². The Kier molecular flexibility index (Phi) is 25.5. The van der Waals surface area contributed by atoms with E-state index >= 15 is 0 Å². The third-order valence-corrected chi connectivity index (χ3v) is 0. The number of hydrogen-bond donors (Lipinski definition) is 0. The molecule has 0 rings (SSSR count). The predicted octanol–water partition coefficient (Wildman–Crippen LogP) is -7.85. The third kappa shape index (κ3) is 741. The fourth-order valence-electron chi connectivity index (χ4n) is 0. The molecule has 115 valence electrons. The quantitative estimate of drug-likeness (QED) is 0.216. The summed E-state index contributed by atoms with van der Waals surface area (Å²) in [6.45, 7) is 0. The van der Waals surface area contributed by atoms with Gasteiger partial charge in [-0.25, -0.2) is 0 Å². The maximum atomic E-state index is 8.58. The molecule has 0 aromatic rings. The molecule has 0 amide bonds. The Labute approximate surface area is 160 Å². The molecule has 0 N–H and O–H groups in total. The summed E-state index contributed by atoms with van der Waals surface area (Å²) in [6, 6.07) is 0. The monoisotopic (exact) mass is 687 g/mol. The molecule has 0 atom stereocenters. The molecule has 0 aromatic heterocycles. The molecule has 0 heterocycles. The van der Waals surface area contributed by atoms with Gasteiger partial charge in [0.25, 0.3) is 0 Å². The molecule has 0 unspecified atom stereocenters. The molecular formula is Ho2Mn3O12. The van der Waals surface area contributed by atoms with E-state index < -0.39 is 40.1 Å². The van der Waals surface area contributed by atoms with Gasteiger partial charge in [0.05, 0.1) is 0 Å². The molecule has 17 heavy (non-hydrogen) atoms. The van der Waals surface area contributed by atoms with Gasteiger partial charge >= 0.3 is 164 Å². The van der Waals surface area contributed by atoms with Crippen molar-refractivity contribution in [2.75, 3.05) is 0 Å². The summed E-state index contributed by atoms with van der Waals surface area (Å²) in [5, 5.41) is 0. The van der Waals surface area contributed by atoms with E-state index in [1.807, 2.05) is 0 Å².